The second-order valence-electron chi connectivity index (χ2n) is 4.59. The van der Waals surface area contributed by atoms with Crippen LogP contribution in [0.5, 0.6) is 5.75 Å². The Morgan fingerprint density at radius 2 is 1.89 bits per heavy atom. The minimum absolute atomic E-state index is 0.0873. The number of nitrogens with one attached hydrogen (secondary N) is 1. The largest absolute Gasteiger partial charge is 0.506 e. The summed E-state index contributed by atoms with van der Waals surface area (Å²) in [5.74, 6) is -0.0693. The molecule has 2 rings (SSSR count). The molecule has 1 fully saturated rings. The topological polar surface area (TPSA) is 49.3 Å². The van der Waals surface area contributed by atoms with E-state index in [0.29, 0.717) is 9.13 Å². The molecule has 0 unspecified atom stereocenters. The molecule has 1 aliphatic carbocycles. The van der Waals surface area contributed by atoms with E-state index in [9.17, 15) is 9.90 Å². The Morgan fingerprint density at radius 1 is 1.22 bits per heavy atom. The molecule has 2 N–H and O–H groups in total. The van der Waals surface area contributed by atoms with E-state index < -0.39 is 0 Å². The first-order valence-corrected chi connectivity index (χ1v) is 8.22. The highest BCUT2D eigenvalue weighted by atomic mass is 127. The van der Waals surface area contributed by atoms with Crippen molar-refractivity contribution in [2.45, 2.75) is 38.1 Å². The first-order valence-electron chi connectivity index (χ1n) is 6.07. The number of phenols is 1. The number of hydrogen-bond acceptors (Lipinski definition) is 2. The first-order chi connectivity index (χ1) is 8.58. The summed E-state index contributed by atoms with van der Waals surface area (Å²) in [6, 6.07) is 3.85. The van der Waals surface area contributed by atoms with E-state index >= 15 is 0 Å². The number of carbonyl (C=O) groups is 1. The molecule has 0 saturated heterocycles. The van der Waals surface area contributed by atoms with Crippen molar-refractivity contribution < 1.29 is 9.90 Å². The normalized spacial score (nSPS) is 16.6. The number of phenolic OH excluding ortho intramolecular Hbond substituents is 1. The highest BCUT2D eigenvalue weighted by Gasteiger charge is 2.20. The fourth-order valence-electron chi connectivity index (χ4n) is 2.25. The molecule has 5 heteroatoms. The summed E-state index contributed by atoms with van der Waals surface area (Å²) in [7, 11) is 0. The van der Waals surface area contributed by atoms with Gasteiger partial charge in [0, 0.05) is 9.61 Å². The molecule has 0 heterocycles. The Bertz CT molecular complexity index is 457. The van der Waals surface area contributed by atoms with Crippen molar-refractivity contribution in [1.82, 2.24) is 5.32 Å². The number of rotatable bonds is 2. The summed E-state index contributed by atoms with van der Waals surface area (Å²) in [6.07, 6.45) is 5.72. The predicted molar refractivity (Wildman–Crippen MR) is 87.9 cm³/mol. The van der Waals surface area contributed by atoms with E-state index in [0.717, 1.165) is 16.4 Å². The van der Waals surface area contributed by atoms with Gasteiger partial charge in [-0.3, -0.25) is 4.79 Å². The van der Waals surface area contributed by atoms with E-state index in [1.807, 2.05) is 28.7 Å². The van der Waals surface area contributed by atoms with Crippen molar-refractivity contribution in [2.24, 2.45) is 0 Å². The predicted octanol–water partition coefficient (Wildman–Crippen LogP) is 3.66. The minimum Gasteiger partial charge on any atom is -0.506 e. The van der Waals surface area contributed by atoms with E-state index in [4.69, 9.17) is 0 Å². The lowest BCUT2D eigenvalue weighted by Crippen LogP contribution is -2.36. The summed E-state index contributed by atoms with van der Waals surface area (Å²) in [6.45, 7) is 0. The van der Waals surface area contributed by atoms with Crippen molar-refractivity contribution in [2.75, 3.05) is 0 Å². The Kier molecular flexibility index (Phi) is 5.11. The number of aromatic hydroxyl groups is 1. The summed E-state index contributed by atoms with van der Waals surface area (Å²) in [4.78, 5) is 12.2. The lowest BCUT2D eigenvalue weighted by atomic mass is 9.95. The molecule has 18 heavy (non-hydrogen) atoms. The van der Waals surface area contributed by atoms with Crippen molar-refractivity contribution in [3.63, 3.8) is 0 Å². The van der Waals surface area contributed by atoms with Gasteiger partial charge in [0.05, 0.1) is 9.13 Å². The van der Waals surface area contributed by atoms with E-state index in [2.05, 4.69) is 27.9 Å². The third-order valence-electron chi connectivity index (χ3n) is 3.21. The monoisotopic (exact) mass is 471 g/mol. The molecular weight excluding hydrogens is 456 g/mol. The van der Waals surface area contributed by atoms with Gasteiger partial charge in [0.25, 0.3) is 5.91 Å². The molecule has 1 aromatic carbocycles. The Labute approximate surface area is 134 Å². The summed E-state index contributed by atoms with van der Waals surface area (Å²) in [5, 5.41) is 13.0. The average Bonchev–Trinajstić information content (AvgIpc) is 2.35. The molecule has 1 aliphatic rings. The third kappa shape index (κ3) is 3.49. The standard InChI is InChI=1S/C13H15I2NO2/c14-8-6-10(12(17)11(15)7-8)13(18)16-9-4-2-1-3-5-9/h6-7,9,17H,1-5H2,(H,16,18). The lowest BCUT2D eigenvalue weighted by molar-refractivity contribution is 0.0925. The molecule has 0 atom stereocenters. The van der Waals surface area contributed by atoms with Gasteiger partial charge in [0.2, 0.25) is 0 Å². The van der Waals surface area contributed by atoms with E-state index in [1.54, 1.807) is 6.07 Å². The van der Waals surface area contributed by atoms with Gasteiger partial charge in [0.15, 0.2) is 0 Å². The summed E-state index contributed by atoms with van der Waals surface area (Å²) < 4.78 is 1.68. The van der Waals surface area contributed by atoms with Gasteiger partial charge >= 0.3 is 0 Å². The van der Waals surface area contributed by atoms with Gasteiger partial charge in [-0.15, -0.1) is 0 Å². The Hall–Kier alpha value is -0.0500. The molecule has 98 valence electrons. The molecule has 0 bridgehead atoms. The molecule has 0 radical (unpaired) electrons. The molecule has 1 aromatic rings. The van der Waals surface area contributed by atoms with Crippen LogP contribution in [0.4, 0.5) is 0 Å². The maximum atomic E-state index is 12.2. The van der Waals surface area contributed by atoms with Crippen LogP contribution in [0.2, 0.25) is 0 Å². The van der Waals surface area contributed by atoms with Gasteiger partial charge in [-0.05, 0) is 70.2 Å². The lowest BCUT2D eigenvalue weighted by Gasteiger charge is -2.23. The third-order valence-corrected chi connectivity index (χ3v) is 4.66. The smallest absolute Gasteiger partial charge is 0.255 e. The van der Waals surface area contributed by atoms with Gasteiger partial charge in [-0.1, -0.05) is 19.3 Å². The average molecular weight is 471 g/mol. The number of benzene rings is 1. The van der Waals surface area contributed by atoms with Gasteiger partial charge < -0.3 is 10.4 Å². The van der Waals surface area contributed by atoms with Gasteiger partial charge in [-0.2, -0.15) is 0 Å². The molecule has 1 amide bonds. The molecule has 0 spiro atoms. The quantitative estimate of drug-likeness (QED) is 0.648. The van der Waals surface area contributed by atoms with Crippen LogP contribution in [0.1, 0.15) is 42.5 Å². The van der Waals surface area contributed by atoms with Crippen LogP contribution in [-0.2, 0) is 0 Å². The Balaban J connectivity index is 2.13. The van der Waals surface area contributed by atoms with Crippen molar-refractivity contribution in [3.8, 4) is 5.75 Å². The molecular formula is C13H15I2NO2. The minimum atomic E-state index is -0.157. The van der Waals surface area contributed by atoms with E-state index in [1.165, 1.54) is 19.3 Å². The number of halogens is 2. The van der Waals surface area contributed by atoms with Gasteiger partial charge in [0.1, 0.15) is 5.75 Å². The zero-order valence-electron chi connectivity index (χ0n) is 9.88. The van der Waals surface area contributed by atoms with Crippen molar-refractivity contribution in [3.05, 3.63) is 24.8 Å². The van der Waals surface area contributed by atoms with Crippen LogP contribution < -0.4 is 5.32 Å². The molecule has 0 aliphatic heterocycles. The molecule has 0 aromatic heterocycles. The van der Waals surface area contributed by atoms with Crippen molar-refractivity contribution >= 4 is 51.1 Å². The summed E-state index contributed by atoms with van der Waals surface area (Å²) >= 11 is 4.20. The maximum absolute atomic E-state index is 12.2. The first kappa shape index (κ1) is 14.4. The van der Waals surface area contributed by atoms with Crippen LogP contribution in [0.15, 0.2) is 12.1 Å². The maximum Gasteiger partial charge on any atom is 0.255 e. The fourth-order valence-corrected chi connectivity index (χ4v) is 4.09. The zero-order valence-corrected chi connectivity index (χ0v) is 14.2. The second-order valence-corrected chi connectivity index (χ2v) is 7.00. The van der Waals surface area contributed by atoms with Crippen LogP contribution in [0, 0.1) is 7.14 Å². The number of carbonyl (C=O) groups excluding carboxylic acids is 1. The Morgan fingerprint density at radius 3 is 2.56 bits per heavy atom. The van der Waals surface area contributed by atoms with Crippen LogP contribution >= 0.6 is 45.2 Å². The SMILES string of the molecule is O=C(NC1CCCCC1)c1cc(I)cc(I)c1O. The fraction of sp³-hybridized carbons (Fsp3) is 0.462. The van der Waals surface area contributed by atoms with Crippen molar-refractivity contribution in [1.29, 1.82) is 0 Å². The zero-order chi connectivity index (χ0) is 13.1. The highest BCUT2D eigenvalue weighted by Crippen LogP contribution is 2.27. The van der Waals surface area contributed by atoms with Gasteiger partial charge in [-0.25, -0.2) is 0 Å². The number of hydrogen-bond donors (Lipinski definition) is 2. The molecule has 3 nitrogen and oxygen atoms in total. The second kappa shape index (κ2) is 6.40. The van der Waals surface area contributed by atoms with E-state index in [-0.39, 0.29) is 17.7 Å². The summed E-state index contributed by atoms with van der Waals surface area (Å²) in [5.41, 5.74) is 0.386. The van der Waals surface area contributed by atoms with Crippen LogP contribution in [-0.4, -0.2) is 17.1 Å². The van der Waals surface area contributed by atoms with Crippen LogP contribution in [0.25, 0.3) is 0 Å². The number of amides is 1. The highest BCUT2D eigenvalue weighted by molar-refractivity contribution is 14.1. The molecule has 1 saturated carbocycles. The van der Waals surface area contributed by atoms with Crippen LogP contribution in [0.3, 0.4) is 0 Å².